The highest BCUT2D eigenvalue weighted by Gasteiger charge is 2.61. The molecule has 0 N–H and O–H groups in total. The Labute approximate surface area is 173 Å². The summed E-state index contributed by atoms with van der Waals surface area (Å²) < 4.78 is 8.27. The first-order chi connectivity index (χ1) is 13.8. The predicted octanol–water partition coefficient (Wildman–Crippen LogP) is 6.16. The summed E-state index contributed by atoms with van der Waals surface area (Å²) in [4.78, 5) is 6.57. The van der Waals surface area contributed by atoms with E-state index in [-0.39, 0.29) is 6.23 Å². The van der Waals surface area contributed by atoms with Gasteiger partial charge in [-0.3, -0.25) is 0 Å². The van der Waals surface area contributed by atoms with Crippen LogP contribution in [0.1, 0.15) is 17.4 Å². The number of hydrogen-bond donors (Lipinski definition) is 0. The molecule has 2 unspecified atom stereocenters. The molecule has 1 saturated heterocycles. The summed E-state index contributed by atoms with van der Waals surface area (Å²) in [5.41, 5.74) is 1.45. The van der Waals surface area contributed by atoms with Gasteiger partial charge in [-0.1, -0.05) is 71.9 Å². The topological polar surface area (TPSA) is 30.4 Å². The number of imidazole rings is 1. The molecule has 138 valence electrons. The van der Waals surface area contributed by atoms with Crippen LogP contribution >= 0.6 is 23.4 Å². The molecule has 1 aliphatic heterocycles. The average Bonchev–Trinajstić information content (AvgIpc) is 3.24. The quantitative estimate of drug-likeness (QED) is 0.373. The number of rotatable bonds is 5. The Morgan fingerprint density at radius 2 is 1.61 bits per heavy atom. The first-order valence-corrected chi connectivity index (χ1v) is 10.2. The van der Waals surface area contributed by atoms with E-state index < -0.39 is 5.60 Å². The number of nitrogens with zero attached hydrogens (tertiary/aromatic N) is 2. The van der Waals surface area contributed by atoms with E-state index in [2.05, 4.69) is 53.5 Å². The first kappa shape index (κ1) is 17.6. The molecule has 0 radical (unpaired) electrons. The van der Waals surface area contributed by atoms with Crippen molar-refractivity contribution in [2.24, 2.45) is 0 Å². The van der Waals surface area contributed by atoms with Crippen LogP contribution in [0.5, 0.6) is 0 Å². The molecule has 0 amide bonds. The largest absolute Gasteiger partial charge is 0.333 e. The minimum atomic E-state index is -0.602. The van der Waals surface area contributed by atoms with Gasteiger partial charge in [0.2, 0.25) is 0 Å². The molecule has 1 fully saturated rings. The van der Waals surface area contributed by atoms with Crippen molar-refractivity contribution >= 4 is 23.4 Å². The van der Waals surface area contributed by atoms with Gasteiger partial charge in [-0.05, 0) is 35.9 Å². The zero-order valence-corrected chi connectivity index (χ0v) is 16.5. The van der Waals surface area contributed by atoms with Crippen LogP contribution in [0, 0.1) is 0 Å². The van der Waals surface area contributed by atoms with Crippen LogP contribution in [0.3, 0.4) is 0 Å². The van der Waals surface area contributed by atoms with Gasteiger partial charge in [0.1, 0.15) is 0 Å². The zero-order chi connectivity index (χ0) is 19.0. The summed E-state index contributed by atoms with van der Waals surface area (Å²) >= 11 is 8.30. The fraction of sp³-hybridized carbons (Fsp3) is 0.0870. The lowest BCUT2D eigenvalue weighted by Crippen LogP contribution is -2.15. The molecule has 3 nitrogen and oxygen atoms in total. The molecule has 4 aromatic rings. The lowest BCUT2D eigenvalue weighted by atomic mass is 9.90. The monoisotopic (exact) mass is 404 g/mol. The van der Waals surface area contributed by atoms with Crippen molar-refractivity contribution in [3.05, 3.63) is 114 Å². The Morgan fingerprint density at radius 1 is 0.893 bits per heavy atom. The number of benzene rings is 3. The molecule has 3 aromatic carbocycles. The van der Waals surface area contributed by atoms with Gasteiger partial charge in [0.25, 0.3) is 0 Å². The van der Waals surface area contributed by atoms with Gasteiger partial charge in [0.15, 0.2) is 11.8 Å². The number of ether oxygens (including phenoxy) is 1. The Bertz CT molecular complexity index is 1080. The van der Waals surface area contributed by atoms with Gasteiger partial charge in [0, 0.05) is 32.8 Å². The molecule has 0 spiro atoms. The van der Waals surface area contributed by atoms with Crippen molar-refractivity contribution in [2.75, 3.05) is 0 Å². The molecular weight excluding hydrogens is 388 g/mol. The number of epoxide rings is 1. The summed E-state index contributed by atoms with van der Waals surface area (Å²) in [7, 11) is 0. The van der Waals surface area contributed by atoms with Crippen LogP contribution in [-0.4, -0.2) is 9.55 Å². The molecule has 1 aliphatic rings. The lowest BCUT2D eigenvalue weighted by molar-refractivity contribution is 0.304. The smallest absolute Gasteiger partial charge is 0.174 e. The maximum absolute atomic E-state index is 6.55. The number of hydrogen-bond acceptors (Lipinski definition) is 3. The van der Waals surface area contributed by atoms with E-state index in [1.807, 2.05) is 41.1 Å². The van der Waals surface area contributed by atoms with Crippen molar-refractivity contribution in [1.29, 1.82) is 0 Å². The highest BCUT2D eigenvalue weighted by atomic mass is 35.5. The van der Waals surface area contributed by atoms with Crippen molar-refractivity contribution in [1.82, 2.24) is 9.55 Å². The lowest BCUT2D eigenvalue weighted by Gasteiger charge is -2.16. The van der Waals surface area contributed by atoms with E-state index in [0.717, 1.165) is 11.1 Å². The minimum absolute atomic E-state index is 0.164. The van der Waals surface area contributed by atoms with Crippen LogP contribution in [0.4, 0.5) is 0 Å². The molecule has 2 heterocycles. The molecule has 5 rings (SSSR count). The zero-order valence-electron chi connectivity index (χ0n) is 14.9. The highest BCUT2D eigenvalue weighted by molar-refractivity contribution is 7.99. The Kier molecular flexibility index (Phi) is 4.47. The van der Waals surface area contributed by atoms with E-state index in [4.69, 9.17) is 16.3 Å². The first-order valence-electron chi connectivity index (χ1n) is 9.01. The van der Waals surface area contributed by atoms with Crippen molar-refractivity contribution in [2.45, 2.75) is 21.6 Å². The second kappa shape index (κ2) is 7.13. The standard InChI is InChI=1S/C23H17ClN2OS/c24-21-9-5-4-8-20(21)23(22(27-23)26-15-14-25-16-26)17-10-12-19(13-11-17)28-18-6-2-1-3-7-18/h1-16,22H. The summed E-state index contributed by atoms with van der Waals surface area (Å²) in [6, 6.07) is 26.8. The highest BCUT2D eigenvalue weighted by Crippen LogP contribution is 2.60. The molecule has 0 saturated carbocycles. The maximum atomic E-state index is 6.55. The van der Waals surface area contributed by atoms with E-state index in [1.165, 1.54) is 9.79 Å². The minimum Gasteiger partial charge on any atom is -0.333 e. The van der Waals surface area contributed by atoms with E-state index in [9.17, 15) is 0 Å². The summed E-state index contributed by atoms with van der Waals surface area (Å²) in [6.07, 6.45) is 5.30. The fourth-order valence-electron chi connectivity index (χ4n) is 3.54. The third kappa shape index (κ3) is 3.04. The predicted molar refractivity (Wildman–Crippen MR) is 112 cm³/mol. The molecule has 1 aromatic heterocycles. The normalized spacial score (nSPS) is 20.8. The van der Waals surface area contributed by atoms with Gasteiger partial charge in [-0.2, -0.15) is 0 Å². The van der Waals surface area contributed by atoms with Gasteiger partial charge in [0.05, 0.1) is 6.33 Å². The Morgan fingerprint density at radius 3 is 2.32 bits per heavy atom. The van der Waals surface area contributed by atoms with Crippen molar-refractivity contribution in [3.8, 4) is 0 Å². The summed E-state index contributed by atoms with van der Waals surface area (Å²) in [5, 5.41) is 0.702. The van der Waals surface area contributed by atoms with Crippen molar-refractivity contribution < 1.29 is 4.74 Å². The third-order valence-corrected chi connectivity index (χ3v) is 6.27. The van der Waals surface area contributed by atoms with E-state index >= 15 is 0 Å². The Balaban J connectivity index is 1.51. The van der Waals surface area contributed by atoms with Crippen molar-refractivity contribution in [3.63, 3.8) is 0 Å². The summed E-state index contributed by atoms with van der Waals surface area (Å²) in [5.74, 6) is 0. The second-order valence-electron chi connectivity index (χ2n) is 6.64. The van der Waals surface area contributed by atoms with Gasteiger partial charge >= 0.3 is 0 Å². The van der Waals surface area contributed by atoms with Gasteiger partial charge in [-0.25, -0.2) is 4.98 Å². The molecule has 5 heteroatoms. The number of halogens is 1. The summed E-state index contributed by atoms with van der Waals surface area (Å²) in [6.45, 7) is 0. The van der Waals surface area contributed by atoms with Crippen LogP contribution in [0.25, 0.3) is 0 Å². The van der Waals surface area contributed by atoms with Crippen LogP contribution < -0.4 is 0 Å². The Hall–Kier alpha value is -2.53. The maximum Gasteiger partial charge on any atom is 0.174 e. The molecular formula is C23H17ClN2OS. The van der Waals surface area contributed by atoms with Crippen LogP contribution in [0.2, 0.25) is 5.02 Å². The van der Waals surface area contributed by atoms with Crippen LogP contribution in [-0.2, 0) is 10.3 Å². The third-order valence-electron chi connectivity index (χ3n) is 4.92. The fourth-order valence-corrected chi connectivity index (χ4v) is 4.65. The molecule has 28 heavy (non-hydrogen) atoms. The SMILES string of the molecule is Clc1ccccc1C1(c2ccc(Sc3ccccc3)cc2)OC1n1ccnc1. The van der Waals surface area contributed by atoms with Crippen LogP contribution in [0.15, 0.2) is 107 Å². The molecule has 0 bridgehead atoms. The van der Waals surface area contributed by atoms with Gasteiger partial charge < -0.3 is 9.30 Å². The van der Waals surface area contributed by atoms with E-state index in [1.54, 1.807) is 24.3 Å². The average molecular weight is 405 g/mol. The number of aromatic nitrogens is 2. The second-order valence-corrected chi connectivity index (χ2v) is 8.19. The molecule has 2 atom stereocenters. The van der Waals surface area contributed by atoms with Gasteiger partial charge in [-0.15, -0.1) is 0 Å². The molecule has 0 aliphatic carbocycles. The van der Waals surface area contributed by atoms with E-state index in [0.29, 0.717) is 5.02 Å².